The molecule has 0 aromatic carbocycles. The zero-order chi connectivity index (χ0) is 10.5. The Morgan fingerprint density at radius 1 is 1.27 bits per heavy atom. The monoisotopic (exact) mass is 223 g/mol. The van der Waals surface area contributed by atoms with Gasteiger partial charge in [-0.15, -0.1) is 0 Å². The Balaban J connectivity index is 1.84. The third-order valence-electron chi connectivity index (χ3n) is 3.38. The quantitative estimate of drug-likeness (QED) is 0.760. The minimum absolute atomic E-state index is 0.527. The fourth-order valence-corrected chi connectivity index (χ4v) is 3.17. The van der Waals surface area contributed by atoms with E-state index in [0.717, 1.165) is 6.04 Å². The van der Waals surface area contributed by atoms with E-state index in [-0.39, 0.29) is 0 Å². The van der Waals surface area contributed by atoms with Gasteiger partial charge in [-0.1, -0.05) is 25.7 Å². The lowest BCUT2D eigenvalue weighted by atomic mass is 10.1. The number of hydrogen-bond donors (Lipinski definition) is 1. The van der Waals surface area contributed by atoms with Crippen LogP contribution in [0.4, 0.5) is 0 Å². The molecule has 0 radical (unpaired) electrons. The predicted molar refractivity (Wildman–Crippen MR) is 67.4 cm³/mol. The molecule has 0 spiro atoms. The molecular formula is C13H21NS. The SMILES string of the molecule is CC(NC1CCCCCC1)c1ccsc1. The summed E-state index contributed by atoms with van der Waals surface area (Å²) in [5, 5.41) is 8.19. The fraction of sp³-hybridized carbons (Fsp3) is 0.692. The van der Waals surface area contributed by atoms with Gasteiger partial charge in [0.2, 0.25) is 0 Å². The van der Waals surface area contributed by atoms with Crippen molar-refractivity contribution in [2.24, 2.45) is 0 Å². The molecule has 2 heteroatoms. The summed E-state index contributed by atoms with van der Waals surface area (Å²) < 4.78 is 0. The first-order valence-electron chi connectivity index (χ1n) is 6.14. The zero-order valence-corrected chi connectivity index (χ0v) is 10.4. The summed E-state index contributed by atoms with van der Waals surface area (Å²) >= 11 is 1.79. The first-order valence-corrected chi connectivity index (χ1v) is 7.08. The summed E-state index contributed by atoms with van der Waals surface area (Å²) in [7, 11) is 0. The van der Waals surface area contributed by atoms with E-state index in [2.05, 4.69) is 29.1 Å². The second kappa shape index (κ2) is 5.66. The van der Waals surface area contributed by atoms with Crippen molar-refractivity contribution in [1.29, 1.82) is 0 Å². The molecule has 1 heterocycles. The molecular weight excluding hydrogens is 202 g/mol. The van der Waals surface area contributed by atoms with Crippen molar-refractivity contribution in [3.05, 3.63) is 22.4 Å². The second-order valence-corrected chi connectivity index (χ2v) is 5.41. The Labute approximate surface area is 96.9 Å². The van der Waals surface area contributed by atoms with Gasteiger partial charge in [-0.2, -0.15) is 11.3 Å². The third-order valence-corrected chi connectivity index (χ3v) is 4.09. The van der Waals surface area contributed by atoms with E-state index in [1.165, 1.54) is 44.1 Å². The van der Waals surface area contributed by atoms with Crippen LogP contribution in [0.1, 0.15) is 57.1 Å². The number of hydrogen-bond acceptors (Lipinski definition) is 2. The van der Waals surface area contributed by atoms with Crippen LogP contribution in [-0.4, -0.2) is 6.04 Å². The van der Waals surface area contributed by atoms with Crippen molar-refractivity contribution in [2.45, 2.75) is 57.5 Å². The maximum Gasteiger partial charge on any atom is 0.0302 e. The van der Waals surface area contributed by atoms with Gasteiger partial charge in [0, 0.05) is 12.1 Å². The summed E-state index contributed by atoms with van der Waals surface area (Å²) in [4.78, 5) is 0. The molecule has 0 amide bonds. The molecule has 1 atom stereocenters. The number of nitrogens with one attached hydrogen (secondary N) is 1. The lowest BCUT2D eigenvalue weighted by Gasteiger charge is -2.21. The molecule has 1 aromatic heterocycles. The second-order valence-electron chi connectivity index (χ2n) is 4.63. The van der Waals surface area contributed by atoms with Crippen LogP contribution < -0.4 is 5.32 Å². The highest BCUT2D eigenvalue weighted by Gasteiger charge is 2.15. The maximum atomic E-state index is 3.77. The van der Waals surface area contributed by atoms with E-state index in [9.17, 15) is 0 Å². The summed E-state index contributed by atoms with van der Waals surface area (Å²) in [5.41, 5.74) is 1.45. The van der Waals surface area contributed by atoms with Gasteiger partial charge >= 0.3 is 0 Å². The Morgan fingerprint density at radius 2 is 2.00 bits per heavy atom. The molecule has 1 nitrogen and oxygen atoms in total. The Morgan fingerprint density at radius 3 is 2.60 bits per heavy atom. The molecule has 2 rings (SSSR count). The van der Waals surface area contributed by atoms with Gasteiger partial charge in [0.05, 0.1) is 0 Å². The highest BCUT2D eigenvalue weighted by molar-refractivity contribution is 7.07. The van der Waals surface area contributed by atoms with Gasteiger partial charge in [0.15, 0.2) is 0 Å². The van der Waals surface area contributed by atoms with Gasteiger partial charge in [0.1, 0.15) is 0 Å². The van der Waals surface area contributed by atoms with E-state index >= 15 is 0 Å². The first kappa shape index (κ1) is 11.2. The Kier molecular flexibility index (Phi) is 4.21. The van der Waals surface area contributed by atoms with Gasteiger partial charge in [-0.05, 0) is 42.2 Å². The van der Waals surface area contributed by atoms with Gasteiger partial charge < -0.3 is 5.32 Å². The van der Waals surface area contributed by atoms with Gasteiger partial charge in [-0.25, -0.2) is 0 Å². The molecule has 1 aliphatic carbocycles. The van der Waals surface area contributed by atoms with Crippen LogP contribution in [0.3, 0.4) is 0 Å². The molecule has 1 saturated carbocycles. The Hall–Kier alpha value is -0.340. The molecule has 1 aromatic rings. The van der Waals surface area contributed by atoms with Crippen molar-refractivity contribution in [3.63, 3.8) is 0 Å². The number of thiophene rings is 1. The van der Waals surface area contributed by atoms with Crippen LogP contribution in [0.25, 0.3) is 0 Å². The van der Waals surface area contributed by atoms with Crippen molar-refractivity contribution in [2.75, 3.05) is 0 Å². The molecule has 15 heavy (non-hydrogen) atoms. The van der Waals surface area contributed by atoms with Gasteiger partial charge in [0.25, 0.3) is 0 Å². The van der Waals surface area contributed by atoms with Crippen LogP contribution in [0.5, 0.6) is 0 Å². The zero-order valence-electron chi connectivity index (χ0n) is 9.54. The smallest absolute Gasteiger partial charge is 0.0302 e. The average molecular weight is 223 g/mol. The molecule has 84 valence electrons. The molecule has 0 aliphatic heterocycles. The topological polar surface area (TPSA) is 12.0 Å². The maximum absolute atomic E-state index is 3.77. The minimum atomic E-state index is 0.527. The van der Waals surface area contributed by atoms with Crippen LogP contribution >= 0.6 is 11.3 Å². The van der Waals surface area contributed by atoms with E-state index < -0.39 is 0 Å². The lowest BCUT2D eigenvalue weighted by molar-refractivity contribution is 0.415. The highest BCUT2D eigenvalue weighted by Crippen LogP contribution is 2.22. The molecule has 1 aliphatic rings. The first-order chi connectivity index (χ1) is 7.36. The molecule has 1 unspecified atom stereocenters. The molecule has 0 saturated heterocycles. The van der Waals surface area contributed by atoms with Crippen molar-refractivity contribution in [3.8, 4) is 0 Å². The standard InChI is InChI=1S/C13H21NS/c1-11(12-8-9-15-10-12)14-13-6-4-2-3-5-7-13/h8-11,13-14H,2-7H2,1H3. The van der Waals surface area contributed by atoms with Gasteiger partial charge in [-0.3, -0.25) is 0 Å². The largest absolute Gasteiger partial charge is 0.307 e. The fourth-order valence-electron chi connectivity index (χ4n) is 2.42. The van der Waals surface area contributed by atoms with E-state index in [1.54, 1.807) is 11.3 Å². The normalized spacial score (nSPS) is 21.1. The summed E-state index contributed by atoms with van der Waals surface area (Å²) in [6, 6.07) is 3.51. The van der Waals surface area contributed by atoms with Crippen LogP contribution in [-0.2, 0) is 0 Å². The summed E-state index contributed by atoms with van der Waals surface area (Å²) in [5.74, 6) is 0. The number of rotatable bonds is 3. The third kappa shape index (κ3) is 3.32. The highest BCUT2D eigenvalue weighted by atomic mass is 32.1. The van der Waals surface area contributed by atoms with Crippen LogP contribution in [0, 0.1) is 0 Å². The molecule has 1 N–H and O–H groups in total. The van der Waals surface area contributed by atoms with Crippen molar-refractivity contribution >= 4 is 11.3 Å². The van der Waals surface area contributed by atoms with Crippen LogP contribution in [0.15, 0.2) is 16.8 Å². The molecule has 0 bridgehead atoms. The van der Waals surface area contributed by atoms with Crippen molar-refractivity contribution in [1.82, 2.24) is 5.32 Å². The van der Waals surface area contributed by atoms with Crippen LogP contribution in [0.2, 0.25) is 0 Å². The summed E-state index contributed by atoms with van der Waals surface area (Å²) in [6.45, 7) is 2.28. The van der Waals surface area contributed by atoms with E-state index in [0.29, 0.717) is 6.04 Å². The van der Waals surface area contributed by atoms with E-state index in [1.807, 2.05) is 0 Å². The minimum Gasteiger partial charge on any atom is -0.307 e. The average Bonchev–Trinajstić information content (AvgIpc) is 2.65. The summed E-state index contributed by atoms with van der Waals surface area (Å²) in [6.07, 6.45) is 8.43. The lowest BCUT2D eigenvalue weighted by Crippen LogP contribution is -2.30. The van der Waals surface area contributed by atoms with Crippen molar-refractivity contribution < 1.29 is 0 Å². The van der Waals surface area contributed by atoms with E-state index in [4.69, 9.17) is 0 Å². The molecule has 1 fully saturated rings. The Bertz CT molecular complexity index is 260. The predicted octanol–water partition coefficient (Wildman–Crippen LogP) is 4.12.